The zero-order valence-corrected chi connectivity index (χ0v) is 14.9. The minimum atomic E-state index is -1.37. The molecule has 1 aliphatic rings. The van der Waals surface area contributed by atoms with E-state index in [1.165, 1.54) is 25.4 Å². The number of rotatable bonds is 6. The molecule has 10 heteroatoms. The standard InChI is InChI=1S/C17H19NO9/c1-9(19)23-8-13-14(24-10(2)20)15(25-11(3)21)17(26-13)27-16(22)12-5-4-6-18-7-12/h4-7,13-15,17H,8H2,1-3H3/t13-,14-,15-,17-/m1/s1. The monoisotopic (exact) mass is 381 g/mol. The molecule has 1 aromatic rings. The molecule has 27 heavy (non-hydrogen) atoms. The molecule has 0 bridgehead atoms. The first-order valence-corrected chi connectivity index (χ1v) is 8.02. The Morgan fingerprint density at radius 3 is 2.22 bits per heavy atom. The number of aromatic nitrogens is 1. The first-order chi connectivity index (χ1) is 12.8. The number of pyridine rings is 1. The predicted octanol–water partition coefficient (Wildman–Crippen LogP) is 0.390. The van der Waals surface area contributed by atoms with E-state index in [0.29, 0.717) is 0 Å². The number of esters is 4. The maximum atomic E-state index is 12.3. The van der Waals surface area contributed by atoms with E-state index >= 15 is 0 Å². The maximum absolute atomic E-state index is 12.3. The summed E-state index contributed by atoms with van der Waals surface area (Å²) in [4.78, 5) is 50.0. The van der Waals surface area contributed by atoms with E-state index in [-0.39, 0.29) is 12.2 Å². The van der Waals surface area contributed by atoms with Crippen LogP contribution in [0.1, 0.15) is 31.1 Å². The molecule has 2 rings (SSSR count). The highest BCUT2D eigenvalue weighted by atomic mass is 16.8. The first kappa shape index (κ1) is 20.3. The third-order valence-corrected chi connectivity index (χ3v) is 3.44. The molecule has 0 aliphatic carbocycles. The van der Waals surface area contributed by atoms with Gasteiger partial charge in [0.25, 0.3) is 0 Å². The van der Waals surface area contributed by atoms with Gasteiger partial charge in [-0.3, -0.25) is 19.4 Å². The second kappa shape index (κ2) is 9.08. The van der Waals surface area contributed by atoms with E-state index < -0.39 is 48.5 Å². The quantitative estimate of drug-likeness (QED) is 0.504. The normalized spacial score (nSPS) is 24.0. The topological polar surface area (TPSA) is 127 Å². The number of hydrogen-bond acceptors (Lipinski definition) is 10. The van der Waals surface area contributed by atoms with Crippen LogP contribution in [0.25, 0.3) is 0 Å². The number of ether oxygens (including phenoxy) is 5. The predicted molar refractivity (Wildman–Crippen MR) is 86.1 cm³/mol. The molecule has 0 amide bonds. The average molecular weight is 381 g/mol. The van der Waals surface area contributed by atoms with Crippen LogP contribution in [0.3, 0.4) is 0 Å². The first-order valence-electron chi connectivity index (χ1n) is 8.02. The molecule has 0 radical (unpaired) electrons. The Kier molecular flexibility index (Phi) is 6.83. The summed E-state index contributed by atoms with van der Waals surface area (Å²) >= 11 is 0. The van der Waals surface area contributed by atoms with Gasteiger partial charge in [-0.05, 0) is 12.1 Å². The van der Waals surface area contributed by atoms with Crippen LogP contribution >= 0.6 is 0 Å². The smallest absolute Gasteiger partial charge is 0.342 e. The van der Waals surface area contributed by atoms with Crippen molar-refractivity contribution in [3.05, 3.63) is 30.1 Å². The van der Waals surface area contributed by atoms with Crippen molar-refractivity contribution in [3.63, 3.8) is 0 Å². The van der Waals surface area contributed by atoms with Crippen molar-refractivity contribution < 1.29 is 42.9 Å². The van der Waals surface area contributed by atoms with Crippen LogP contribution in [-0.2, 0) is 38.1 Å². The lowest BCUT2D eigenvalue weighted by molar-refractivity contribution is -0.175. The van der Waals surface area contributed by atoms with E-state index in [1.807, 2.05) is 0 Å². The van der Waals surface area contributed by atoms with Gasteiger partial charge < -0.3 is 23.7 Å². The minimum absolute atomic E-state index is 0.148. The van der Waals surface area contributed by atoms with Crippen molar-refractivity contribution in [2.45, 2.75) is 45.4 Å². The number of carbonyl (C=O) groups excluding carboxylic acids is 4. The summed E-state index contributed by atoms with van der Waals surface area (Å²) in [5, 5.41) is 0. The van der Waals surface area contributed by atoms with Crippen molar-refractivity contribution in [1.29, 1.82) is 0 Å². The van der Waals surface area contributed by atoms with Gasteiger partial charge in [-0.15, -0.1) is 0 Å². The third-order valence-electron chi connectivity index (χ3n) is 3.44. The van der Waals surface area contributed by atoms with E-state index in [1.54, 1.807) is 6.07 Å². The third kappa shape index (κ3) is 5.74. The minimum Gasteiger partial charge on any atom is -0.463 e. The molecular weight excluding hydrogens is 362 g/mol. The van der Waals surface area contributed by atoms with Crippen LogP contribution < -0.4 is 0 Å². The largest absolute Gasteiger partial charge is 0.463 e. The molecule has 1 aromatic heterocycles. The highest BCUT2D eigenvalue weighted by Gasteiger charge is 2.51. The fourth-order valence-corrected chi connectivity index (χ4v) is 2.43. The van der Waals surface area contributed by atoms with Crippen LogP contribution in [0.4, 0.5) is 0 Å². The van der Waals surface area contributed by atoms with Gasteiger partial charge in [0.1, 0.15) is 12.7 Å². The summed E-state index contributed by atoms with van der Waals surface area (Å²) in [5.74, 6) is -2.73. The Labute approximate surface area is 154 Å². The van der Waals surface area contributed by atoms with Crippen molar-refractivity contribution in [2.24, 2.45) is 0 Å². The summed E-state index contributed by atoms with van der Waals surface area (Å²) in [5.41, 5.74) is 0.148. The molecule has 146 valence electrons. The maximum Gasteiger partial charge on any atom is 0.342 e. The lowest BCUT2D eigenvalue weighted by atomic mass is 10.1. The lowest BCUT2D eigenvalue weighted by Gasteiger charge is -2.22. The van der Waals surface area contributed by atoms with Gasteiger partial charge in [0.05, 0.1) is 5.56 Å². The zero-order valence-electron chi connectivity index (χ0n) is 14.9. The summed E-state index contributed by atoms with van der Waals surface area (Å²) in [7, 11) is 0. The second-order valence-electron chi connectivity index (χ2n) is 5.64. The molecule has 0 saturated carbocycles. The Hall–Kier alpha value is -3.01. The molecule has 0 aromatic carbocycles. The van der Waals surface area contributed by atoms with Gasteiger partial charge in [0, 0.05) is 33.2 Å². The van der Waals surface area contributed by atoms with E-state index in [4.69, 9.17) is 23.7 Å². The van der Waals surface area contributed by atoms with Crippen LogP contribution in [0.15, 0.2) is 24.5 Å². The van der Waals surface area contributed by atoms with Gasteiger partial charge in [-0.1, -0.05) is 0 Å². The van der Waals surface area contributed by atoms with E-state index in [2.05, 4.69) is 4.98 Å². The Bertz CT molecular complexity index is 706. The van der Waals surface area contributed by atoms with Crippen molar-refractivity contribution in [1.82, 2.24) is 4.98 Å². The van der Waals surface area contributed by atoms with Gasteiger partial charge in [0.2, 0.25) is 12.4 Å². The molecule has 2 heterocycles. The van der Waals surface area contributed by atoms with Gasteiger partial charge >= 0.3 is 23.9 Å². The van der Waals surface area contributed by atoms with Crippen molar-refractivity contribution in [2.75, 3.05) is 6.61 Å². The highest BCUT2D eigenvalue weighted by molar-refractivity contribution is 5.89. The molecule has 4 atom stereocenters. The van der Waals surface area contributed by atoms with Crippen molar-refractivity contribution >= 4 is 23.9 Å². The van der Waals surface area contributed by atoms with Crippen molar-refractivity contribution in [3.8, 4) is 0 Å². The van der Waals surface area contributed by atoms with Gasteiger partial charge in [0.15, 0.2) is 6.10 Å². The SMILES string of the molecule is CC(=O)OC[C@H]1O[C@H](OC(=O)c2cccnc2)[C@H](OC(C)=O)[C@@H]1OC(C)=O. The molecule has 0 N–H and O–H groups in total. The number of nitrogens with zero attached hydrogens (tertiary/aromatic N) is 1. The summed E-state index contributed by atoms with van der Waals surface area (Å²) in [6, 6.07) is 3.02. The number of hydrogen-bond donors (Lipinski definition) is 0. The molecular formula is C17H19NO9. The average Bonchev–Trinajstić information content (AvgIpc) is 2.89. The van der Waals surface area contributed by atoms with Gasteiger partial charge in [-0.25, -0.2) is 4.79 Å². The van der Waals surface area contributed by atoms with Crippen LogP contribution in [-0.4, -0.2) is 60.1 Å². The Balaban J connectivity index is 2.21. The summed E-state index contributed by atoms with van der Waals surface area (Å²) in [6.07, 6.45) is -1.95. The number of carbonyl (C=O) groups is 4. The molecule has 10 nitrogen and oxygen atoms in total. The fraction of sp³-hybridized carbons (Fsp3) is 0.471. The Morgan fingerprint density at radius 2 is 1.67 bits per heavy atom. The fourth-order valence-electron chi connectivity index (χ4n) is 2.43. The van der Waals surface area contributed by atoms with Crippen LogP contribution in [0.5, 0.6) is 0 Å². The molecule has 1 fully saturated rings. The highest BCUT2D eigenvalue weighted by Crippen LogP contribution is 2.29. The van der Waals surface area contributed by atoms with E-state index in [0.717, 1.165) is 13.8 Å². The second-order valence-corrected chi connectivity index (χ2v) is 5.64. The lowest BCUT2D eigenvalue weighted by Crippen LogP contribution is -2.42. The Morgan fingerprint density at radius 1 is 1.00 bits per heavy atom. The molecule has 1 saturated heterocycles. The molecule has 0 unspecified atom stereocenters. The molecule has 0 spiro atoms. The van der Waals surface area contributed by atoms with E-state index in [9.17, 15) is 19.2 Å². The van der Waals surface area contributed by atoms with Crippen LogP contribution in [0.2, 0.25) is 0 Å². The summed E-state index contributed by atoms with van der Waals surface area (Å²) < 4.78 is 26.0. The molecule has 1 aliphatic heterocycles. The zero-order chi connectivity index (χ0) is 20.0. The van der Waals surface area contributed by atoms with Gasteiger partial charge in [-0.2, -0.15) is 0 Å². The summed E-state index contributed by atoms with van der Waals surface area (Å²) in [6.45, 7) is 3.21. The van der Waals surface area contributed by atoms with Crippen LogP contribution in [0, 0.1) is 0 Å².